The minimum atomic E-state index is 0.241. The Morgan fingerprint density at radius 1 is 1.00 bits per heavy atom. The van der Waals surface area contributed by atoms with Crippen molar-refractivity contribution < 1.29 is 0 Å². The number of nitrogens with one attached hydrogen (secondary N) is 1. The quantitative estimate of drug-likeness (QED) is 0.703. The summed E-state index contributed by atoms with van der Waals surface area (Å²) < 4.78 is 0. The first-order valence-corrected chi connectivity index (χ1v) is 8.69. The molecule has 1 heteroatoms. The fourth-order valence-electron chi connectivity index (χ4n) is 3.87. The molecule has 0 spiro atoms. The summed E-state index contributed by atoms with van der Waals surface area (Å²) in [7, 11) is 0. The lowest BCUT2D eigenvalue weighted by atomic mass is 9.62. The first-order chi connectivity index (χ1) is 8.94. The zero-order chi connectivity index (χ0) is 15.6. The van der Waals surface area contributed by atoms with Gasteiger partial charge in [-0.05, 0) is 75.5 Å². The molecule has 120 valence electrons. The van der Waals surface area contributed by atoms with Crippen LogP contribution in [-0.4, -0.2) is 12.1 Å². The van der Waals surface area contributed by atoms with Crippen LogP contribution < -0.4 is 5.32 Å². The summed E-state index contributed by atoms with van der Waals surface area (Å²) in [6.07, 6.45) is 7.05. The van der Waals surface area contributed by atoms with Gasteiger partial charge in [0.1, 0.15) is 0 Å². The van der Waals surface area contributed by atoms with Gasteiger partial charge in [0.05, 0.1) is 0 Å². The van der Waals surface area contributed by atoms with Gasteiger partial charge in [-0.2, -0.15) is 0 Å². The predicted molar refractivity (Wildman–Crippen MR) is 91.1 cm³/mol. The van der Waals surface area contributed by atoms with E-state index in [0.29, 0.717) is 10.8 Å². The molecule has 0 unspecified atom stereocenters. The first-order valence-electron chi connectivity index (χ1n) is 8.69. The molecule has 1 fully saturated rings. The summed E-state index contributed by atoms with van der Waals surface area (Å²) in [5, 5.41) is 3.79. The van der Waals surface area contributed by atoms with Crippen molar-refractivity contribution in [1.82, 2.24) is 5.32 Å². The van der Waals surface area contributed by atoms with Crippen LogP contribution >= 0.6 is 0 Å². The minimum Gasteiger partial charge on any atom is -0.312 e. The highest BCUT2D eigenvalue weighted by atomic mass is 15.0. The lowest BCUT2D eigenvalue weighted by Gasteiger charge is -2.46. The number of hydrogen-bond acceptors (Lipinski definition) is 1. The number of rotatable bonds is 4. The summed E-state index contributed by atoms with van der Waals surface area (Å²) in [5.41, 5.74) is 1.27. The second kappa shape index (κ2) is 6.38. The van der Waals surface area contributed by atoms with E-state index in [-0.39, 0.29) is 5.54 Å². The lowest BCUT2D eigenvalue weighted by Crippen LogP contribution is -2.46. The van der Waals surface area contributed by atoms with Crippen molar-refractivity contribution in [3.63, 3.8) is 0 Å². The van der Waals surface area contributed by atoms with Crippen molar-refractivity contribution in [2.75, 3.05) is 6.54 Å². The number of hydrogen-bond donors (Lipinski definition) is 1. The lowest BCUT2D eigenvalue weighted by molar-refractivity contribution is 0.0650. The molecular formula is C19H39N. The molecule has 0 aliphatic heterocycles. The summed E-state index contributed by atoms with van der Waals surface area (Å²) in [6.45, 7) is 20.1. The molecule has 0 aromatic carbocycles. The highest BCUT2D eigenvalue weighted by Crippen LogP contribution is 2.48. The Kier molecular flexibility index (Phi) is 5.75. The average molecular weight is 282 g/mol. The van der Waals surface area contributed by atoms with Crippen LogP contribution in [-0.2, 0) is 0 Å². The standard InChI is InChI=1S/C19H39N/c1-15(2)13-19(14-20-18(6,7)8)11-9-16(10-12-19)17(3,4)5/h15-16,20H,9-14H2,1-8H3. The van der Waals surface area contributed by atoms with Crippen LogP contribution in [0.1, 0.15) is 87.5 Å². The van der Waals surface area contributed by atoms with E-state index in [0.717, 1.165) is 11.8 Å². The topological polar surface area (TPSA) is 12.0 Å². The molecule has 1 rings (SSSR count). The van der Waals surface area contributed by atoms with Crippen molar-refractivity contribution in [2.45, 2.75) is 93.0 Å². The van der Waals surface area contributed by atoms with E-state index in [2.05, 4.69) is 60.7 Å². The van der Waals surface area contributed by atoms with Crippen LogP contribution in [0.5, 0.6) is 0 Å². The van der Waals surface area contributed by atoms with E-state index in [4.69, 9.17) is 0 Å². The fourth-order valence-corrected chi connectivity index (χ4v) is 3.87. The Balaban J connectivity index is 2.68. The van der Waals surface area contributed by atoms with Crippen molar-refractivity contribution in [3.8, 4) is 0 Å². The Hall–Kier alpha value is -0.0400. The van der Waals surface area contributed by atoms with Gasteiger partial charge in [0.25, 0.3) is 0 Å². The Bertz CT molecular complexity index is 282. The van der Waals surface area contributed by atoms with E-state index in [1.165, 1.54) is 38.6 Å². The molecule has 1 saturated carbocycles. The van der Waals surface area contributed by atoms with Crippen LogP contribution in [0.3, 0.4) is 0 Å². The maximum atomic E-state index is 3.79. The van der Waals surface area contributed by atoms with E-state index in [1.807, 2.05) is 0 Å². The molecule has 0 bridgehead atoms. The maximum Gasteiger partial charge on any atom is 0.00967 e. The molecule has 0 amide bonds. The van der Waals surface area contributed by atoms with E-state index in [1.54, 1.807) is 0 Å². The largest absolute Gasteiger partial charge is 0.312 e. The van der Waals surface area contributed by atoms with E-state index >= 15 is 0 Å². The second-order valence-corrected chi connectivity index (χ2v) is 9.84. The van der Waals surface area contributed by atoms with Gasteiger partial charge < -0.3 is 5.32 Å². The van der Waals surface area contributed by atoms with Crippen molar-refractivity contribution in [2.24, 2.45) is 22.7 Å². The average Bonchev–Trinajstić information content (AvgIpc) is 2.24. The van der Waals surface area contributed by atoms with Crippen molar-refractivity contribution in [3.05, 3.63) is 0 Å². The predicted octanol–water partition coefficient (Wildman–Crippen LogP) is 5.64. The monoisotopic (exact) mass is 281 g/mol. The van der Waals surface area contributed by atoms with Crippen molar-refractivity contribution >= 4 is 0 Å². The zero-order valence-corrected chi connectivity index (χ0v) is 15.4. The third kappa shape index (κ3) is 5.76. The molecule has 1 N–H and O–H groups in total. The third-order valence-corrected chi connectivity index (χ3v) is 5.11. The fraction of sp³-hybridized carbons (Fsp3) is 1.00. The third-order valence-electron chi connectivity index (χ3n) is 5.11. The summed E-state index contributed by atoms with van der Waals surface area (Å²) in [6, 6.07) is 0. The van der Waals surface area contributed by atoms with Crippen LogP contribution in [0, 0.1) is 22.7 Å². The zero-order valence-electron chi connectivity index (χ0n) is 15.4. The summed E-state index contributed by atoms with van der Waals surface area (Å²) >= 11 is 0. The van der Waals surface area contributed by atoms with Crippen LogP contribution in [0.15, 0.2) is 0 Å². The van der Waals surface area contributed by atoms with Gasteiger partial charge in [0.15, 0.2) is 0 Å². The van der Waals surface area contributed by atoms with Crippen LogP contribution in [0.2, 0.25) is 0 Å². The highest BCUT2D eigenvalue weighted by Gasteiger charge is 2.39. The van der Waals surface area contributed by atoms with Gasteiger partial charge in [-0.25, -0.2) is 0 Å². The molecule has 1 aliphatic rings. The van der Waals surface area contributed by atoms with Crippen LogP contribution in [0.25, 0.3) is 0 Å². The maximum absolute atomic E-state index is 3.79. The molecule has 20 heavy (non-hydrogen) atoms. The van der Waals surface area contributed by atoms with Gasteiger partial charge >= 0.3 is 0 Å². The molecule has 0 heterocycles. The normalized spacial score (nSPS) is 28.9. The first kappa shape index (κ1) is 18.0. The molecule has 0 radical (unpaired) electrons. The molecule has 0 saturated heterocycles. The molecule has 0 aromatic rings. The molecule has 1 aliphatic carbocycles. The summed E-state index contributed by atoms with van der Waals surface area (Å²) in [5.74, 6) is 1.72. The second-order valence-electron chi connectivity index (χ2n) is 9.84. The van der Waals surface area contributed by atoms with Gasteiger partial charge in [-0.1, -0.05) is 34.6 Å². The summed E-state index contributed by atoms with van der Waals surface area (Å²) in [4.78, 5) is 0. The highest BCUT2D eigenvalue weighted by molar-refractivity contribution is 4.92. The van der Waals surface area contributed by atoms with Crippen LogP contribution in [0.4, 0.5) is 0 Å². The Morgan fingerprint density at radius 3 is 1.85 bits per heavy atom. The Labute approximate surface area is 128 Å². The van der Waals surface area contributed by atoms with Crippen molar-refractivity contribution in [1.29, 1.82) is 0 Å². The van der Waals surface area contributed by atoms with E-state index < -0.39 is 0 Å². The van der Waals surface area contributed by atoms with Gasteiger partial charge in [-0.3, -0.25) is 0 Å². The molecule has 0 aromatic heterocycles. The van der Waals surface area contributed by atoms with Gasteiger partial charge in [0.2, 0.25) is 0 Å². The minimum absolute atomic E-state index is 0.241. The van der Waals surface area contributed by atoms with Gasteiger partial charge in [0, 0.05) is 12.1 Å². The SMILES string of the molecule is CC(C)CC1(CNC(C)(C)C)CCC(C(C)(C)C)CC1. The van der Waals surface area contributed by atoms with E-state index in [9.17, 15) is 0 Å². The molecule has 1 nitrogen and oxygen atoms in total. The molecular weight excluding hydrogens is 242 g/mol. The van der Waals surface area contributed by atoms with Gasteiger partial charge in [-0.15, -0.1) is 0 Å². The molecule has 0 atom stereocenters. The smallest absolute Gasteiger partial charge is 0.00967 e. The Morgan fingerprint density at radius 2 is 1.50 bits per heavy atom.